The molecule has 1 atom stereocenters. The van der Waals surface area contributed by atoms with E-state index in [0.29, 0.717) is 17.4 Å². The number of benzene rings is 2. The Morgan fingerprint density at radius 3 is 2.24 bits per heavy atom. The van der Waals surface area contributed by atoms with Crippen molar-refractivity contribution in [3.8, 4) is 0 Å². The minimum atomic E-state index is -0.104. The van der Waals surface area contributed by atoms with Crippen LogP contribution in [-0.4, -0.2) is 5.91 Å². The highest BCUT2D eigenvalue weighted by molar-refractivity contribution is 6.17. The molecule has 3 heteroatoms. The van der Waals surface area contributed by atoms with E-state index in [-0.39, 0.29) is 5.91 Å². The molecule has 0 fully saturated rings. The van der Waals surface area contributed by atoms with Gasteiger partial charge in [-0.1, -0.05) is 38.1 Å². The average Bonchev–Trinajstić information content (AvgIpc) is 2.55. The molecule has 1 amide bonds. The zero-order valence-corrected chi connectivity index (χ0v) is 13.2. The third-order valence-corrected chi connectivity index (χ3v) is 4.03. The molecule has 2 aromatic carbocycles. The summed E-state index contributed by atoms with van der Waals surface area (Å²) in [6.45, 7) is 4.37. The van der Waals surface area contributed by atoms with E-state index in [9.17, 15) is 4.79 Å². The first-order valence-corrected chi connectivity index (χ1v) is 7.73. The SMILES string of the molecule is CCC(C)c1ccc(NC(=O)c2ccc(CCl)cc2)cc1. The van der Waals surface area contributed by atoms with E-state index in [1.54, 1.807) is 12.1 Å². The maximum Gasteiger partial charge on any atom is 0.255 e. The van der Waals surface area contributed by atoms with Crippen molar-refractivity contribution in [3.05, 3.63) is 65.2 Å². The Hall–Kier alpha value is -1.80. The summed E-state index contributed by atoms with van der Waals surface area (Å²) in [4.78, 5) is 12.1. The second-order valence-corrected chi connectivity index (χ2v) is 5.48. The van der Waals surface area contributed by atoms with E-state index >= 15 is 0 Å². The van der Waals surface area contributed by atoms with Crippen LogP contribution in [0.4, 0.5) is 5.69 Å². The summed E-state index contributed by atoms with van der Waals surface area (Å²) in [5, 5.41) is 2.91. The van der Waals surface area contributed by atoms with Crippen molar-refractivity contribution < 1.29 is 4.79 Å². The van der Waals surface area contributed by atoms with Crippen LogP contribution in [0.5, 0.6) is 0 Å². The van der Waals surface area contributed by atoms with Gasteiger partial charge in [-0.3, -0.25) is 4.79 Å². The highest BCUT2D eigenvalue weighted by atomic mass is 35.5. The third kappa shape index (κ3) is 4.08. The summed E-state index contributed by atoms with van der Waals surface area (Å²) in [6.07, 6.45) is 1.11. The Bertz CT molecular complexity index is 590. The van der Waals surface area contributed by atoms with Gasteiger partial charge in [-0.15, -0.1) is 11.6 Å². The predicted octanol–water partition coefficient (Wildman–Crippen LogP) is 5.19. The predicted molar refractivity (Wildman–Crippen MR) is 89.1 cm³/mol. The molecule has 0 saturated heterocycles. The first-order chi connectivity index (χ1) is 10.1. The Morgan fingerprint density at radius 1 is 1.10 bits per heavy atom. The number of nitrogens with one attached hydrogen (secondary N) is 1. The molecule has 0 aliphatic heterocycles. The molecule has 0 saturated carbocycles. The van der Waals surface area contributed by atoms with Gasteiger partial charge in [0.15, 0.2) is 0 Å². The van der Waals surface area contributed by atoms with Crippen molar-refractivity contribution in [1.82, 2.24) is 0 Å². The molecular weight excluding hydrogens is 282 g/mol. The first-order valence-electron chi connectivity index (χ1n) is 7.20. The van der Waals surface area contributed by atoms with Crippen LogP contribution in [0.25, 0.3) is 0 Å². The molecule has 0 radical (unpaired) electrons. The van der Waals surface area contributed by atoms with E-state index in [1.165, 1.54) is 5.56 Å². The maximum atomic E-state index is 12.1. The number of halogens is 1. The Balaban J connectivity index is 2.04. The second-order valence-electron chi connectivity index (χ2n) is 5.22. The lowest BCUT2D eigenvalue weighted by Crippen LogP contribution is -2.11. The lowest BCUT2D eigenvalue weighted by molar-refractivity contribution is 0.102. The van der Waals surface area contributed by atoms with Crippen LogP contribution >= 0.6 is 11.6 Å². The van der Waals surface area contributed by atoms with Gasteiger partial charge in [0.25, 0.3) is 5.91 Å². The summed E-state index contributed by atoms with van der Waals surface area (Å²) >= 11 is 5.74. The van der Waals surface area contributed by atoms with Gasteiger partial charge in [0, 0.05) is 17.1 Å². The van der Waals surface area contributed by atoms with Gasteiger partial charge in [-0.05, 0) is 47.7 Å². The zero-order chi connectivity index (χ0) is 15.2. The van der Waals surface area contributed by atoms with Crippen molar-refractivity contribution in [2.75, 3.05) is 5.32 Å². The lowest BCUT2D eigenvalue weighted by atomic mass is 9.98. The van der Waals surface area contributed by atoms with Crippen molar-refractivity contribution >= 4 is 23.2 Å². The summed E-state index contributed by atoms with van der Waals surface area (Å²) in [7, 11) is 0. The molecule has 0 heterocycles. The molecule has 1 N–H and O–H groups in total. The number of hydrogen-bond donors (Lipinski definition) is 1. The summed E-state index contributed by atoms with van der Waals surface area (Å²) in [5.41, 5.74) is 3.75. The number of amides is 1. The summed E-state index contributed by atoms with van der Waals surface area (Å²) < 4.78 is 0. The van der Waals surface area contributed by atoms with Gasteiger partial charge in [0.1, 0.15) is 0 Å². The van der Waals surface area contributed by atoms with Gasteiger partial charge in [-0.25, -0.2) is 0 Å². The summed E-state index contributed by atoms with van der Waals surface area (Å²) in [6, 6.07) is 15.4. The van der Waals surface area contributed by atoms with Crippen LogP contribution in [0.3, 0.4) is 0 Å². The Labute approximate surface area is 131 Å². The van der Waals surface area contributed by atoms with E-state index < -0.39 is 0 Å². The number of carbonyl (C=O) groups is 1. The zero-order valence-electron chi connectivity index (χ0n) is 12.4. The van der Waals surface area contributed by atoms with E-state index in [2.05, 4.69) is 31.3 Å². The van der Waals surface area contributed by atoms with Gasteiger partial charge in [0.05, 0.1) is 0 Å². The van der Waals surface area contributed by atoms with Crippen molar-refractivity contribution in [2.24, 2.45) is 0 Å². The largest absolute Gasteiger partial charge is 0.322 e. The first kappa shape index (κ1) is 15.6. The van der Waals surface area contributed by atoms with E-state index in [4.69, 9.17) is 11.6 Å². The van der Waals surface area contributed by atoms with Crippen molar-refractivity contribution in [3.63, 3.8) is 0 Å². The van der Waals surface area contributed by atoms with Crippen LogP contribution < -0.4 is 5.32 Å². The van der Waals surface area contributed by atoms with E-state index in [1.807, 2.05) is 24.3 Å². The standard InChI is InChI=1S/C18H20ClNO/c1-3-13(2)15-8-10-17(11-9-15)20-18(21)16-6-4-14(12-19)5-7-16/h4-11,13H,3,12H2,1-2H3,(H,20,21). The topological polar surface area (TPSA) is 29.1 Å². The molecule has 0 aliphatic rings. The molecular formula is C18H20ClNO. The molecule has 21 heavy (non-hydrogen) atoms. The molecule has 0 spiro atoms. The number of alkyl halides is 1. The molecule has 1 unspecified atom stereocenters. The molecule has 0 aromatic heterocycles. The van der Waals surface area contributed by atoms with Crippen LogP contribution in [0.1, 0.15) is 47.7 Å². The maximum absolute atomic E-state index is 12.1. The second kappa shape index (κ2) is 7.28. The summed E-state index contributed by atoms with van der Waals surface area (Å²) in [5.74, 6) is 0.893. The fourth-order valence-corrected chi connectivity index (χ4v) is 2.26. The Kier molecular flexibility index (Phi) is 5.40. The highest BCUT2D eigenvalue weighted by Crippen LogP contribution is 2.20. The average molecular weight is 302 g/mol. The lowest BCUT2D eigenvalue weighted by Gasteiger charge is -2.10. The molecule has 2 nitrogen and oxygen atoms in total. The fraction of sp³-hybridized carbons (Fsp3) is 0.278. The van der Waals surface area contributed by atoms with Gasteiger partial charge in [0.2, 0.25) is 0 Å². The monoisotopic (exact) mass is 301 g/mol. The molecule has 110 valence electrons. The molecule has 0 aliphatic carbocycles. The number of carbonyl (C=O) groups excluding carboxylic acids is 1. The number of rotatable bonds is 5. The van der Waals surface area contributed by atoms with Crippen LogP contribution in [0, 0.1) is 0 Å². The van der Waals surface area contributed by atoms with Crippen molar-refractivity contribution in [2.45, 2.75) is 32.1 Å². The van der Waals surface area contributed by atoms with E-state index in [0.717, 1.165) is 17.7 Å². The quantitative estimate of drug-likeness (QED) is 0.756. The van der Waals surface area contributed by atoms with Gasteiger partial charge in [-0.2, -0.15) is 0 Å². The minimum absolute atomic E-state index is 0.104. The molecule has 2 rings (SSSR count). The van der Waals surface area contributed by atoms with Crippen LogP contribution in [0.2, 0.25) is 0 Å². The smallest absolute Gasteiger partial charge is 0.255 e. The number of hydrogen-bond acceptors (Lipinski definition) is 1. The van der Waals surface area contributed by atoms with Gasteiger partial charge >= 0.3 is 0 Å². The minimum Gasteiger partial charge on any atom is -0.322 e. The van der Waals surface area contributed by atoms with Gasteiger partial charge < -0.3 is 5.32 Å². The fourth-order valence-electron chi connectivity index (χ4n) is 2.08. The van der Waals surface area contributed by atoms with Crippen LogP contribution in [0.15, 0.2) is 48.5 Å². The third-order valence-electron chi connectivity index (χ3n) is 3.72. The molecule has 2 aromatic rings. The molecule has 0 bridgehead atoms. The Morgan fingerprint density at radius 2 is 1.71 bits per heavy atom. The normalized spacial score (nSPS) is 12.0. The highest BCUT2D eigenvalue weighted by Gasteiger charge is 2.07. The van der Waals surface area contributed by atoms with Crippen LogP contribution in [-0.2, 0) is 5.88 Å². The van der Waals surface area contributed by atoms with Crippen molar-refractivity contribution in [1.29, 1.82) is 0 Å². The number of anilines is 1.